The zero-order chi connectivity index (χ0) is 17.1. The van der Waals surface area contributed by atoms with Crippen molar-refractivity contribution in [1.82, 2.24) is 15.1 Å². The van der Waals surface area contributed by atoms with Crippen molar-refractivity contribution in [3.05, 3.63) is 46.8 Å². The summed E-state index contributed by atoms with van der Waals surface area (Å²) in [5.74, 6) is 0.709. The van der Waals surface area contributed by atoms with Crippen LogP contribution in [0.4, 0.5) is 5.69 Å². The molecule has 0 radical (unpaired) electrons. The highest BCUT2D eigenvalue weighted by Crippen LogP contribution is 2.40. The molecule has 2 aromatic heterocycles. The summed E-state index contributed by atoms with van der Waals surface area (Å²) in [7, 11) is 2.72. The minimum Gasteiger partial charge on any atom is -0.493 e. The van der Waals surface area contributed by atoms with E-state index >= 15 is 0 Å². The third kappa shape index (κ3) is 2.74. The molecule has 3 aromatic rings. The second kappa shape index (κ2) is 6.32. The van der Waals surface area contributed by atoms with Crippen LogP contribution in [0.15, 0.2) is 41.2 Å². The average Bonchev–Trinajstić information content (AvgIpc) is 3.11. The highest BCUT2D eigenvalue weighted by Gasteiger charge is 2.24. The first-order chi connectivity index (χ1) is 11.6. The normalized spacial score (nSPS) is 10.4. The number of nitrogens with zero attached hydrogens (tertiary/aromatic N) is 4. The Morgan fingerprint density at radius 2 is 1.88 bits per heavy atom. The molecule has 0 saturated carbocycles. The molecule has 0 aliphatic rings. The number of hydrogen-bond acceptors (Lipinski definition) is 8. The van der Waals surface area contributed by atoms with E-state index < -0.39 is 4.92 Å². The first-order valence-corrected chi connectivity index (χ1v) is 6.79. The molecule has 0 atom stereocenters. The Morgan fingerprint density at radius 3 is 2.50 bits per heavy atom. The van der Waals surface area contributed by atoms with Gasteiger partial charge in [-0.15, -0.1) is 0 Å². The van der Waals surface area contributed by atoms with Crippen molar-refractivity contribution in [3.8, 4) is 34.3 Å². The standard InChI is InChI=1S/C15H12N4O5/c1-22-12-8-10(7-11(19(20)21)13(12)23-2)15-17-14(18-24-15)9-3-5-16-6-4-9/h3-8H,1-2H3. The summed E-state index contributed by atoms with van der Waals surface area (Å²) in [5.41, 5.74) is 0.817. The number of benzene rings is 1. The van der Waals surface area contributed by atoms with Crippen LogP contribution in [-0.2, 0) is 0 Å². The highest BCUT2D eigenvalue weighted by molar-refractivity contribution is 5.69. The van der Waals surface area contributed by atoms with Gasteiger partial charge in [0.05, 0.1) is 24.7 Å². The SMILES string of the molecule is COc1cc(-c2nc(-c3ccncc3)no2)cc([N+](=O)[O-])c1OC. The summed E-state index contributed by atoms with van der Waals surface area (Å²) in [6, 6.07) is 6.29. The van der Waals surface area contributed by atoms with Crippen LogP contribution < -0.4 is 9.47 Å². The van der Waals surface area contributed by atoms with Gasteiger partial charge in [0.1, 0.15) is 0 Å². The van der Waals surface area contributed by atoms with Crippen LogP contribution >= 0.6 is 0 Å². The Kier molecular flexibility index (Phi) is 4.06. The van der Waals surface area contributed by atoms with E-state index in [1.807, 2.05) is 0 Å². The van der Waals surface area contributed by atoms with Gasteiger partial charge in [0.15, 0.2) is 5.75 Å². The number of hydrogen-bond donors (Lipinski definition) is 0. The van der Waals surface area contributed by atoms with Crippen molar-refractivity contribution in [3.63, 3.8) is 0 Å². The molecule has 122 valence electrons. The second-order valence-corrected chi connectivity index (χ2v) is 4.65. The van der Waals surface area contributed by atoms with E-state index in [-0.39, 0.29) is 23.1 Å². The molecule has 0 bridgehead atoms. The molecular weight excluding hydrogens is 316 g/mol. The molecule has 0 spiro atoms. The monoisotopic (exact) mass is 328 g/mol. The molecule has 1 aromatic carbocycles. The Labute approximate surface area is 136 Å². The van der Waals surface area contributed by atoms with Crippen molar-refractivity contribution in [2.45, 2.75) is 0 Å². The third-order valence-electron chi connectivity index (χ3n) is 3.27. The quantitative estimate of drug-likeness (QED) is 0.519. The Hall–Kier alpha value is -3.49. The molecule has 0 fully saturated rings. The Bertz CT molecular complexity index is 879. The first-order valence-electron chi connectivity index (χ1n) is 6.79. The van der Waals surface area contributed by atoms with E-state index in [1.165, 1.54) is 26.4 Å². The van der Waals surface area contributed by atoms with Crippen molar-refractivity contribution in [2.24, 2.45) is 0 Å². The van der Waals surface area contributed by atoms with Crippen LogP contribution in [0.25, 0.3) is 22.8 Å². The smallest absolute Gasteiger partial charge is 0.315 e. The summed E-state index contributed by atoms with van der Waals surface area (Å²) in [4.78, 5) is 18.9. The van der Waals surface area contributed by atoms with Crippen LogP contribution in [0, 0.1) is 10.1 Å². The lowest BCUT2D eigenvalue weighted by molar-refractivity contribution is -0.385. The maximum absolute atomic E-state index is 11.3. The minimum atomic E-state index is -0.564. The topological polar surface area (TPSA) is 113 Å². The van der Waals surface area contributed by atoms with E-state index in [2.05, 4.69) is 15.1 Å². The molecule has 0 aliphatic heterocycles. The molecular formula is C15H12N4O5. The summed E-state index contributed by atoms with van der Waals surface area (Å²) >= 11 is 0. The van der Waals surface area contributed by atoms with Crippen LogP contribution in [0.1, 0.15) is 0 Å². The molecule has 0 saturated heterocycles. The lowest BCUT2D eigenvalue weighted by Gasteiger charge is -2.08. The third-order valence-corrected chi connectivity index (χ3v) is 3.27. The van der Waals surface area contributed by atoms with Gasteiger partial charge in [-0.05, 0) is 18.2 Å². The number of aromatic nitrogens is 3. The van der Waals surface area contributed by atoms with Gasteiger partial charge in [0, 0.05) is 24.0 Å². The fraction of sp³-hybridized carbons (Fsp3) is 0.133. The largest absolute Gasteiger partial charge is 0.493 e. The van der Waals surface area contributed by atoms with Crippen LogP contribution in [-0.4, -0.2) is 34.3 Å². The molecule has 0 aliphatic carbocycles. The van der Waals surface area contributed by atoms with Gasteiger partial charge in [-0.2, -0.15) is 4.98 Å². The predicted octanol–water partition coefficient (Wildman–Crippen LogP) is 2.72. The van der Waals surface area contributed by atoms with Crippen molar-refractivity contribution in [1.29, 1.82) is 0 Å². The van der Waals surface area contributed by atoms with E-state index in [0.717, 1.165) is 5.56 Å². The fourth-order valence-electron chi connectivity index (χ4n) is 2.16. The van der Waals surface area contributed by atoms with E-state index in [1.54, 1.807) is 24.5 Å². The predicted molar refractivity (Wildman–Crippen MR) is 82.7 cm³/mol. The average molecular weight is 328 g/mol. The van der Waals surface area contributed by atoms with Gasteiger partial charge in [0.25, 0.3) is 5.89 Å². The number of ether oxygens (including phenoxy) is 2. The zero-order valence-corrected chi connectivity index (χ0v) is 12.8. The van der Waals surface area contributed by atoms with E-state index in [4.69, 9.17) is 14.0 Å². The molecule has 3 rings (SSSR count). The second-order valence-electron chi connectivity index (χ2n) is 4.65. The first kappa shape index (κ1) is 15.4. The van der Waals surface area contributed by atoms with Crippen molar-refractivity contribution < 1.29 is 18.9 Å². The van der Waals surface area contributed by atoms with Gasteiger partial charge < -0.3 is 14.0 Å². The maximum Gasteiger partial charge on any atom is 0.315 e. The van der Waals surface area contributed by atoms with Crippen LogP contribution in [0.2, 0.25) is 0 Å². The fourth-order valence-corrected chi connectivity index (χ4v) is 2.16. The summed E-state index contributed by atoms with van der Waals surface area (Å²) in [6.45, 7) is 0. The number of pyridine rings is 1. The van der Waals surface area contributed by atoms with Gasteiger partial charge in [-0.25, -0.2) is 0 Å². The highest BCUT2D eigenvalue weighted by atomic mass is 16.6. The summed E-state index contributed by atoms with van der Waals surface area (Å²) in [5, 5.41) is 15.1. The number of methoxy groups -OCH3 is 2. The molecule has 0 unspecified atom stereocenters. The van der Waals surface area contributed by atoms with Gasteiger partial charge in [0.2, 0.25) is 11.6 Å². The zero-order valence-electron chi connectivity index (χ0n) is 12.8. The van der Waals surface area contributed by atoms with Gasteiger partial charge >= 0.3 is 5.69 Å². The molecule has 9 nitrogen and oxygen atoms in total. The Balaban J connectivity index is 2.08. The van der Waals surface area contributed by atoms with Crippen molar-refractivity contribution in [2.75, 3.05) is 14.2 Å². The molecule has 24 heavy (non-hydrogen) atoms. The van der Waals surface area contributed by atoms with E-state index in [9.17, 15) is 10.1 Å². The maximum atomic E-state index is 11.3. The lowest BCUT2D eigenvalue weighted by atomic mass is 10.1. The summed E-state index contributed by atoms with van der Waals surface area (Å²) in [6.07, 6.45) is 3.21. The Morgan fingerprint density at radius 1 is 1.12 bits per heavy atom. The molecule has 2 heterocycles. The molecule has 0 N–H and O–H groups in total. The molecule has 9 heteroatoms. The van der Waals surface area contributed by atoms with Crippen molar-refractivity contribution >= 4 is 5.69 Å². The van der Waals surface area contributed by atoms with Gasteiger partial charge in [-0.3, -0.25) is 15.1 Å². The van der Waals surface area contributed by atoms with Gasteiger partial charge in [-0.1, -0.05) is 5.16 Å². The lowest BCUT2D eigenvalue weighted by Crippen LogP contribution is -1.98. The van der Waals surface area contributed by atoms with Crippen LogP contribution in [0.3, 0.4) is 0 Å². The number of rotatable bonds is 5. The number of nitro benzene ring substituents is 1. The van der Waals surface area contributed by atoms with E-state index in [0.29, 0.717) is 11.4 Å². The summed E-state index contributed by atoms with van der Waals surface area (Å²) < 4.78 is 15.4. The van der Waals surface area contributed by atoms with Crippen LogP contribution in [0.5, 0.6) is 11.5 Å². The molecule has 0 amide bonds. The number of nitro groups is 1. The minimum absolute atomic E-state index is 0.0279.